The Morgan fingerprint density at radius 2 is 2.36 bits per heavy atom. The molecule has 2 rings (SSSR count). The monoisotopic (exact) mass is 199 g/mol. The van der Waals surface area contributed by atoms with Crippen LogP contribution in [0.5, 0.6) is 0 Å². The summed E-state index contributed by atoms with van der Waals surface area (Å²) in [5.74, 6) is -0.721. The van der Waals surface area contributed by atoms with Crippen molar-refractivity contribution in [2.24, 2.45) is 5.41 Å². The summed E-state index contributed by atoms with van der Waals surface area (Å²) in [6.07, 6.45) is 1.43. The van der Waals surface area contributed by atoms with Gasteiger partial charge in [-0.25, -0.2) is 0 Å². The van der Waals surface area contributed by atoms with Gasteiger partial charge >= 0.3 is 5.97 Å². The van der Waals surface area contributed by atoms with Gasteiger partial charge in [0, 0.05) is 19.1 Å². The zero-order chi connectivity index (χ0) is 10.3. The summed E-state index contributed by atoms with van der Waals surface area (Å²) in [5, 5.41) is 9.01. The number of likely N-dealkylation sites (tertiary alicyclic amines) is 1. The van der Waals surface area contributed by atoms with Crippen LogP contribution in [0.15, 0.2) is 0 Å². The number of aliphatic carboxylic acids is 1. The molecule has 80 valence electrons. The van der Waals surface area contributed by atoms with Gasteiger partial charge in [0.25, 0.3) is 0 Å². The molecule has 0 aliphatic carbocycles. The Hall–Kier alpha value is -0.610. The number of hydrogen-bond donors (Lipinski definition) is 1. The van der Waals surface area contributed by atoms with E-state index in [2.05, 4.69) is 4.90 Å². The van der Waals surface area contributed by atoms with E-state index in [0.717, 1.165) is 19.6 Å². The first-order valence-electron chi connectivity index (χ1n) is 5.08. The predicted octanol–water partition coefficient (Wildman–Crippen LogP) is 0.570. The molecule has 0 spiro atoms. The molecule has 14 heavy (non-hydrogen) atoms. The molecule has 4 nitrogen and oxygen atoms in total. The lowest BCUT2D eigenvalue weighted by Crippen LogP contribution is -2.45. The van der Waals surface area contributed by atoms with E-state index >= 15 is 0 Å². The second-order valence-corrected chi connectivity index (χ2v) is 4.96. The van der Waals surface area contributed by atoms with E-state index in [1.807, 2.05) is 0 Å². The molecule has 4 heteroatoms. The molecular weight excluding hydrogens is 182 g/mol. The highest BCUT2D eigenvalue weighted by molar-refractivity contribution is 5.73. The zero-order valence-electron chi connectivity index (χ0n) is 8.69. The Bertz CT molecular complexity index is 252. The van der Waals surface area contributed by atoms with Gasteiger partial charge in [-0.2, -0.15) is 0 Å². The van der Waals surface area contributed by atoms with Crippen molar-refractivity contribution in [2.45, 2.75) is 32.4 Å². The van der Waals surface area contributed by atoms with Crippen LogP contribution in [-0.2, 0) is 9.53 Å². The van der Waals surface area contributed by atoms with Gasteiger partial charge in [-0.1, -0.05) is 0 Å². The smallest absolute Gasteiger partial charge is 0.310 e. The van der Waals surface area contributed by atoms with Crippen LogP contribution in [0.3, 0.4) is 0 Å². The fourth-order valence-electron chi connectivity index (χ4n) is 2.25. The highest BCUT2D eigenvalue weighted by atomic mass is 16.5. The highest BCUT2D eigenvalue weighted by Crippen LogP contribution is 2.30. The first-order valence-corrected chi connectivity index (χ1v) is 5.08. The van der Waals surface area contributed by atoms with Crippen LogP contribution in [-0.4, -0.2) is 47.8 Å². The molecule has 0 aromatic carbocycles. The summed E-state index contributed by atoms with van der Waals surface area (Å²) in [7, 11) is 0. The lowest BCUT2D eigenvalue weighted by Gasteiger charge is -2.32. The number of ether oxygens (including phenoxy) is 1. The normalized spacial score (nSPS) is 32.4. The minimum atomic E-state index is -0.721. The molecule has 2 aliphatic heterocycles. The number of rotatable bonds is 3. The quantitative estimate of drug-likeness (QED) is 0.722. The van der Waals surface area contributed by atoms with Crippen LogP contribution in [0.1, 0.15) is 20.3 Å². The summed E-state index contributed by atoms with van der Waals surface area (Å²) in [5.41, 5.74) is -0.648. The van der Waals surface area contributed by atoms with Crippen molar-refractivity contribution in [3.63, 3.8) is 0 Å². The number of hydrogen-bond acceptors (Lipinski definition) is 3. The molecule has 0 amide bonds. The van der Waals surface area contributed by atoms with E-state index in [9.17, 15) is 4.79 Å². The van der Waals surface area contributed by atoms with Crippen LogP contribution in [0.2, 0.25) is 0 Å². The molecule has 2 unspecified atom stereocenters. The molecule has 2 aliphatic rings. The number of fused-ring (bicyclic) bond motifs is 2. The van der Waals surface area contributed by atoms with Crippen molar-refractivity contribution >= 4 is 5.97 Å². The third kappa shape index (κ3) is 1.64. The number of carboxylic acids is 1. The minimum absolute atomic E-state index is 0.351. The van der Waals surface area contributed by atoms with Crippen molar-refractivity contribution in [1.82, 2.24) is 4.90 Å². The Morgan fingerprint density at radius 1 is 1.64 bits per heavy atom. The van der Waals surface area contributed by atoms with E-state index in [4.69, 9.17) is 9.84 Å². The SMILES string of the molecule is CC(C)(CN1CC2CC1CO2)C(=O)O. The van der Waals surface area contributed by atoms with Gasteiger partial charge in [-0.15, -0.1) is 0 Å². The lowest BCUT2D eigenvalue weighted by atomic mass is 9.93. The van der Waals surface area contributed by atoms with Gasteiger partial charge in [0.15, 0.2) is 0 Å². The Morgan fingerprint density at radius 3 is 2.79 bits per heavy atom. The zero-order valence-corrected chi connectivity index (χ0v) is 8.69. The summed E-state index contributed by atoms with van der Waals surface area (Å²) >= 11 is 0. The molecule has 2 bridgehead atoms. The molecule has 2 heterocycles. The maximum absolute atomic E-state index is 11.0. The minimum Gasteiger partial charge on any atom is -0.481 e. The standard InChI is InChI=1S/C10H17NO3/c1-10(2,9(12)13)6-11-4-8-3-7(11)5-14-8/h7-8H,3-6H2,1-2H3,(H,12,13). The van der Waals surface area contributed by atoms with Gasteiger partial charge in [0.2, 0.25) is 0 Å². The first kappa shape index (κ1) is 9.93. The van der Waals surface area contributed by atoms with Crippen LogP contribution in [0.25, 0.3) is 0 Å². The first-order chi connectivity index (χ1) is 6.49. The second-order valence-electron chi connectivity index (χ2n) is 4.96. The van der Waals surface area contributed by atoms with E-state index in [0.29, 0.717) is 18.7 Å². The van der Waals surface area contributed by atoms with Crippen molar-refractivity contribution in [3.05, 3.63) is 0 Å². The predicted molar refractivity (Wildman–Crippen MR) is 51.1 cm³/mol. The molecule has 2 saturated heterocycles. The van der Waals surface area contributed by atoms with Crippen LogP contribution in [0, 0.1) is 5.41 Å². The largest absolute Gasteiger partial charge is 0.481 e. The Labute approximate surface area is 83.8 Å². The van der Waals surface area contributed by atoms with Crippen molar-refractivity contribution in [1.29, 1.82) is 0 Å². The molecule has 2 fully saturated rings. The average molecular weight is 199 g/mol. The fraction of sp³-hybridized carbons (Fsp3) is 0.900. The van der Waals surface area contributed by atoms with Crippen LogP contribution in [0.4, 0.5) is 0 Å². The number of carbonyl (C=O) groups is 1. The Kier molecular flexibility index (Phi) is 2.27. The molecule has 2 atom stereocenters. The Balaban J connectivity index is 1.95. The second kappa shape index (κ2) is 3.21. The van der Waals surface area contributed by atoms with Gasteiger partial charge in [-0.3, -0.25) is 9.69 Å². The molecule has 0 aromatic rings. The van der Waals surface area contributed by atoms with Gasteiger partial charge < -0.3 is 9.84 Å². The van der Waals surface area contributed by atoms with E-state index in [1.54, 1.807) is 13.8 Å². The molecular formula is C10H17NO3. The average Bonchev–Trinajstić information content (AvgIpc) is 2.63. The highest BCUT2D eigenvalue weighted by Gasteiger charge is 2.42. The third-order valence-electron chi connectivity index (χ3n) is 3.19. The van der Waals surface area contributed by atoms with E-state index in [1.165, 1.54) is 0 Å². The van der Waals surface area contributed by atoms with Crippen LogP contribution >= 0.6 is 0 Å². The molecule has 1 N–H and O–H groups in total. The lowest BCUT2D eigenvalue weighted by molar-refractivity contribution is -0.148. The number of carboxylic acid groups (broad SMARTS) is 1. The topological polar surface area (TPSA) is 49.8 Å². The van der Waals surface area contributed by atoms with E-state index in [-0.39, 0.29) is 0 Å². The van der Waals surface area contributed by atoms with Crippen molar-refractivity contribution in [2.75, 3.05) is 19.7 Å². The summed E-state index contributed by atoms with van der Waals surface area (Å²) in [6.45, 7) is 5.87. The van der Waals surface area contributed by atoms with Crippen molar-refractivity contribution < 1.29 is 14.6 Å². The van der Waals surface area contributed by atoms with Crippen LogP contribution < -0.4 is 0 Å². The summed E-state index contributed by atoms with van der Waals surface area (Å²) in [6, 6.07) is 0.457. The summed E-state index contributed by atoms with van der Waals surface area (Å²) < 4.78 is 5.47. The van der Waals surface area contributed by atoms with Gasteiger partial charge in [0.05, 0.1) is 18.1 Å². The fourth-order valence-corrected chi connectivity index (χ4v) is 2.25. The maximum atomic E-state index is 11.0. The summed E-state index contributed by atoms with van der Waals surface area (Å²) in [4.78, 5) is 13.2. The maximum Gasteiger partial charge on any atom is 0.310 e. The molecule has 0 aromatic heterocycles. The number of nitrogens with zero attached hydrogens (tertiary/aromatic N) is 1. The van der Waals surface area contributed by atoms with E-state index < -0.39 is 11.4 Å². The number of morpholine rings is 1. The molecule has 0 saturated carbocycles. The van der Waals surface area contributed by atoms with Gasteiger partial charge in [-0.05, 0) is 20.3 Å². The molecule has 0 radical (unpaired) electrons. The van der Waals surface area contributed by atoms with Crippen molar-refractivity contribution in [3.8, 4) is 0 Å². The van der Waals surface area contributed by atoms with Gasteiger partial charge in [0.1, 0.15) is 0 Å². The third-order valence-corrected chi connectivity index (χ3v) is 3.19.